The van der Waals surface area contributed by atoms with E-state index in [1.165, 1.54) is 58.7 Å². The Morgan fingerprint density at radius 3 is 2.29 bits per heavy atom. The number of hydrogen-bond donors (Lipinski definition) is 3. The minimum atomic E-state index is -4.68. The number of nitrogens with zero attached hydrogens (tertiary/aromatic N) is 3. The lowest BCUT2D eigenvalue weighted by molar-refractivity contribution is 0.0956. The number of ether oxygens (including phenoxy) is 2. The van der Waals surface area contributed by atoms with Gasteiger partial charge in [-0.05, 0) is 44.5 Å². The molecule has 0 saturated heterocycles. The van der Waals surface area contributed by atoms with Crippen molar-refractivity contribution >= 4 is 27.6 Å². The van der Waals surface area contributed by atoms with Crippen LogP contribution < -0.4 is 20.2 Å². The molecule has 2 atom stereocenters. The molecule has 182 valence electrons. The number of aromatic nitrogens is 1. The molecule has 0 fully saturated rings. The smallest absolute Gasteiger partial charge is 0.279 e. The van der Waals surface area contributed by atoms with Crippen LogP contribution in [0.15, 0.2) is 36.7 Å². The molecule has 2 rings (SSSR count). The van der Waals surface area contributed by atoms with Gasteiger partial charge < -0.3 is 20.3 Å². The van der Waals surface area contributed by atoms with Gasteiger partial charge in [0, 0.05) is 12.4 Å². The summed E-state index contributed by atoms with van der Waals surface area (Å²) in [5, 5.41) is 17.5. The van der Waals surface area contributed by atoms with Gasteiger partial charge in [-0.25, -0.2) is 8.42 Å². The number of carbonyl (C=O) groups is 1. The summed E-state index contributed by atoms with van der Waals surface area (Å²) in [6, 6.07) is 6.04. The van der Waals surface area contributed by atoms with E-state index in [4.69, 9.17) is 20.6 Å². The van der Waals surface area contributed by atoms with Crippen molar-refractivity contribution in [3.05, 3.63) is 47.8 Å². The normalized spacial score (nSPS) is 12.5. The van der Waals surface area contributed by atoms with E-state index in [1.807, 2.05) is 0 Å². The molecule has 11 nitrogen and oxygen atoms in total. The predicted molar refractivity (Wildman–Crippen MR) is 127 cm³/mol. The zero-order valence-corrected chi connectivity index (χ0v) is 20.3. The van der Waals surface area contributed by atoms with Gasteiger partial charge in [-0.1, -0.05) is 12.0 Å². The van der Waals surface area contributed by atoms with Crippen LogP contribution in [0.3, 0.4) is 0 Å². The fraction of sp³-hybridized carbons (Fsp3) is 0.318. The number of rotatable bonds is 7. The van der Waals surface area contributed by atoms with E-state index in [0.29, 0.717) is 15.0 Å². The third-order valence-electron chi connectivity index (χ3n) is 4.76. The molecule has 0 spiro atoms. The van der Waals surface area contributed by atoms with Crippen molar-refractivity contribution < 1.29 is 27.8 Å². The van der Waals surface area contributed by atoms with Crippen molar-refractivity contribution in [2.75, 3.05) is 19.2 Å². The molecule has 1 heterocycles. The number of aliphatic hydroxyl groups is 1. The molecule has 4 N–H and O–H groups in total. The fourth-order valence-electron chi connectivity index (χ4n) is 3.05. The summed E-state index contributed by atoms with van der Waals surface area (Å²) in [5.74, 6) is 3.04. The minimum absolute atomic E-state index is 0.0101. The van der Waals surface area contributed by atoms with Gasteiger partial charge in [0.15, 0.2) is 5.69 Å². The van der Waals surface area contributed by atoms with E-state index in [2.05, 4.69) is 16.8 Å². The summed E-state index contributed by atoms with van der Waals surface area (Å²) >= 11 is 0. The molecule has 1 aromatic heterocycles. The largest absolute Gasteiger partial charge is 0.494 e. The van der Waals surface area contributed by atoms with E-state index >= 15 is 0 Å². The van der Waals surface area contributed by atoms with E-state index < -0.39 is 33.2 Å². The highest BCUT2D eigenvalue weighted by atomic mass is 32.2. The maximum absolute atomic E-state index is 13.8. The first kappa shape index (κ1) is 26.4. The second-order valence-electron chi connectivity index (χ2n) is 7.10. The van der Waals surface area contributed by atoms with Gasteiger partial charge in [-0.3, -0.25) is 15.2 Å². The number of hydrazine groups is 1. The lowest BCUT2D eigenvalue weighted by atomic mass is 10.2. The van der Waals surface area contributed by atoms with E-state index in [1.54, 1.807) is 13.0 Å². The SMILES string of the molecule is CC#C[C@@H](O)[C@H](C)S(=O)(=O)N(C(=N)N)N(C(=O)c1cncc(C)c1)c1c(OC)cccc1OC. The zero-order valence-electron chi connectivity index (χ0n) is 19.4. The molecule has 34 heavy (non-hydrogen) atoms. The number of carbonyl (C=O) groups excluding carboxylic acids is 1. The maximum atomic E-state index is 13.8. The van der Waals surface area contributed by atoms with Gasteiger partial charge in [0.1, 0.15) is 22.9 Å². The monoisotopic (exact) mass is 489 g/mol. The summed E-state index contributed by atoms with van der Waals surface area (Å²) in [6.45, 7) is 4.33. The Balaban J connectivity index is 2.90. The molecule has 1 aromatic carbocycles. The van der Waals surface area contributed by atoms with Gasteiger partial charge in [-0.2, -0.15) is 5.01 Å². The Morgan fingerprint density at radius 1 is 1.24 bits per heavy atom. The predicted octanol–water partition coefficient (Wildman–Crippen LogP) is 1.27. The first-order valence-electron chi connectivity index (χ1n) is 9.96. The van der Waals surface area contributed by atoms with Gasteiger partial charge in [0.2, 0.25) is 5.96 Å². The summed E-state index contributed by atoms with van der Waals surface area (Å²) in [4.78, 5) is 17.8. The minimum Gasteiger partial charge on any atom is -0.494 e. The Bertz CT molecular complexity index is 1220. The average molecular weight is 490 g/mol. The Hall–Kier alpha value is -3.82. The van der Waals surface area contributed by atoms with Gasteiger partial charge >= 0.3 is 0 Å². The number of para-hydroxylation sites is 1. The third-order valence-corrected chi connectivity index (χ3v) is 6.80. The quantitative estimate of drug-likeness (QED) is 0.227. The molecule has 0 radical (unpaired) electrons. The first-order valence-corrected chi connectivity index (χ1v) is 11.5. The number of hydrogen-bond acceptors (Lipinski definition) is 8. The molecular formula is C22H27N5O6S. The van der Waals surface area contributed by atoms with Crippen LogP contribution in [0.2, 0.25) is 0 Å². The molecule has 1 amide bonds. The molecule has 0 aliphatic carbocycles. The molecule has 12 heteroatoms. The number of nitrogens with one attached hydrogen (secondary N) is 1. The van der Waals surface area contributed by atoms with Crippen molar-refractivity contribution in [2.24, 2.45) is 5.73 Å². The highest BCUT2D eigenvalue weighted by Crippen LogP contribution is 2.40. The van der Waals surface area contributed by atoms with Crippen LogP contribution in [0.1, 0.15) is 29.8 Å². The number of amides is 1. The van der Waals surface area contributed by atoms with Crippen LogP contribution >= 0.6 is 0 Å². The van der Waals surface area contributed by atoms with E-state index in [9.17, 15) is 18.3 Å². The topological polar surface area (TPSA) is 159 Å². The van der Waals surface area contributed by atoms with Crippen LogP contribution in [0.5, 0.6) is 11.5 Å². The van der Waals surface area contributed by atoms with Crippen LogP contribution in [0.25, 0.3) is 0 Å². The standard InChI is InChI=1S/C22H27N5O6S/c1-6-8-17(28)15(3)34(30,31)27(22(23)24)26(21(29)16-11-14(2)12-25-13-16)20-18(32-4)9-7-10-19(20)33-5/h7,9-13,15,17,28H,1-5H3,(H3,23,24)/t15-,17+/m0/s1. The summed E-state index contributed by atoms with van der Waals surface area (Å²) in [6.07, 6.45) is 1.15. The number of pyridine rings is 1. The van der Waals surface area contributed by atoms with E-state index in [0.717, 1.165) is 0 Å². The molecule has 0 aliphatic rings. The van der Waals surface area contributed by atoms with Crippen molar-refractivity contribution in [3.63, 3.8) is 0 Å². The number of nitrogens with two attached hydrogens (primary N) is 1. The number of aliphatic hydroxyl groups excluding tert-OH is 1. The number of anilines is 1. The first-order chi connectivity index (χ1) is 16.0. The van der Waals surface area contributed by atoms with Crippen LogP contribution in [0, 0.1) is 24.2 Å². The highest BCUT2D eigenvalue weighted by Gasteiger charge is 2.43. The summed E-state index contributed by atoms with van der Waals surface area (Å²) in [5.41, 5.74) is 6.25. The summed E-state index contributed by atoms with van der Waals surface area (Å²) in [7, 11) is -2.03. The van der Waals surface area contributed by atoms with Crippen LogP contribution in [-0.2, 0) is 10.0 Å². The number of sulfonamides is 1. The third kappa shape index (κ3) is 5.22. The second kappa shape index (κ2) is 10.9. The lowest BCUT2D eigenvalue weighted by Gasteiger charge is -2.36. The maximum Gasteiger partial charge on any atom is 0.279 e. The highest BCUT2D eigenvalue weighted by molar-refractivity contribution is 7.90. The van der Waals surface area contributed by atoms with Crippen molar-refractivity contribution in [2.45, 2.75) is 32.1 Å². The molecule has 0 saturated carbocycles. The average Bonchev–Trinajstić information content (AvgIpc) is 2.80. The molecule has 0 aliphatic heterocycles. The van der Waals surface area contributed by atoms with Gasteiger partial charge in [0.05, 0.1) is 19.8 Å². The van der Waals surface area contributed by atoms with Crippen molar-refractivity contribution in [1.29, 1.82) is 5.41 Å². The van der Waals surface area contributed by atoms with Crippen molar-refractivity contribution in [3.8, 4) is 23.3 Å². The lowest BCUT2D eigenvalue weighted by Crippen LogP contribution is -2.59. The molecule has 2 aromatic rings. The Labute approximate surface area is 198 Å². The number of aryl methyl sites for hydroxylation is 1. The summed E-state index contributed by atoms with van der Waals surface area (Å²) < 4.78 is 38.2. The number of methoxy groups -OCH3 is 2. The fourth-order valence-corrected chi connectivity index (χ4v) is 4.42. The molecule has 0 unspecified atom stereocenters. The van der Waals surface area contributed by atoms with Gasteiger partial charge in [-0.15, -0.1) is 10.3 Å². The van der Waals surface area contributed by atoms with Crippen LogP contribution in [-0.4, -0.2) is 60.4 Å². The molecular weight excluding hydrogens is 462 g/mol. The number of guanidine groups is 1. The number of benzene rings is 1. The second-order valence-corrected chi connectivity index (χ2v) is 9.22. The molecule has 0 bridgehead atoms. The van der Waals surface area contributed by atoms with Gasteiger partial charge in [0.25, 0.3) is 15.9 Å². The van der Waals surface area contributed by atoms with Crippen molar-refractivity contribution in [1.82, 2.24) is 9.40 Å². The Morgan fingerprint density at radius 2 is 1.82 bits per heavy atom. The van der Waals surface area contributed by atoms with Crippen LogP contribution in [0.4, 0.5) is 5.69 Å². The Kier molecular flexibility index (Phi) is 8.45. The van der Waals surface area contributed by atoms with E-state index in [-0.39, 0.29) is 22.7 Å². The zero-order chi connectivity index (χ0) is 25.6.